The SMILES string of the molecule is C=CC(O)c1occc1COC. The van der Waals surface area contributed by atoms with Crippen LogP contribution in [0.15, 0.2) is 29.4 Å². The lowest BCUT2D eigenvalue weighted by Gasteiger charge is -2.03. The number of furan rings is 1. The van der Waals surface area contributed by atoms with E-state index in [1.165, 1.54) is 12.3 Å². The molecule has 1 aromatic rings. The van der Waals surface area contributed by atoms with Gasteiger partial charge in [-0.1, -0.05) is 6.08 Å². The van der Waals surface area contributed by atoms with Gasteiger partial charge in [0.2, 0.25) is 0 Å². The van der Waals surface area contributed by atoms with E-state index in [4.69, 9.17) is 9.15 Å². The molecule has 1 heterocycles. The number of hydrogen-bond acceptors (Lipinski definition) is 3. The second-order valence-corrected chi connectivity index (χ2v) is 2.42. The van der Waals surface area contributed by atoms with E-state index in [1.807, 2.05) is 0 Å². The summed E-state index contributed by atoms with van der Waals surface area (Å²) in [6.07, 6.45) is 2.19. The molecule has 3 heteroatoms. The Bertz CT molecular complexity index is 252. The van der Waals surface area contributed by atoms with E-state index in [9.17, 15) is 5.11 Å². The first-order chi connectivity index (χ1) is 5.79. The largest absolute Gasteiger partial charge is 0.466 e. The quantitative estimate of drug-likeness (QED) is 0.695. The molecular formula is C9H12O3. The van der Waals surface area contributed by atoms with Gasteiger partial charge in [-0.05, 0) is 6.07 Å². The van der Waals surface area contributed by atoms with Crippen molar-refractivity contribution in [2.45, 2.75) is 12.7 Å². The highest BCUT2D eigenvalue weighted by molar-refractivity contribution is 5.20. The highest BCUT2D eigenvalue weighted by Gasteiger charge is 2.12. The predicted molar refractivity (Wildman–Crippen MR) is 44.6 cm³/mol. The van der Waals surface area contributed by atoms with Crippen LogP contribution >= 0.6 is 0 Å². The van der Waals surface area contributed by atoms with Gasteiger partial charge >= 0.3 is 0 Å². The highest BCUT2D eigenvalue weighted by atomic mass is 16.5. The van der Waals surface area contributed by atoms with Gasteiger partial charge in [-0.15, -0.1) is 6.58 Å². The lowest BCUT2D eigenvalue weighted by atomic mass is 10.2. The molecule has 0 spiro atoms. The first-order valence-corrected chi connectivity index (χ1v) is 3.65. The van der Waals surface area contributed by atoms with Gasteiger partial charge in [-0.25, -0.2) is 0 Å². The van der Waals surface area contributed by atoms with Crippen LogP contribution in [0, 0.1) is 0 Å². The zero-order valence-corrected chi connectivity index (χ0v) is 6.99. The normalized spacial score (nSPS) is 12.8. The second-order valence-electron chi connectivity index (χ2n) is 2.42. The summed E-state index contributed by atoms with van der Waals surface area (Å²) in [4.78, 5) is 0. The maximum absolute atomic E-state index is 9.36. The van der Waals surface area contributed by atoms with Crippen molar-refractivity contribution < 1.29 is 14.3 Å². The van der Waals surface area contributed by atoms with E-state index >= 15 is 0 Å². The molecule has 1 aromatic heterocycles. The number of methoxy groups -OCH3 is 1. The standard InChI is InChI=1S/C9H12O3/c1-3-8(10)9-7(6-11-2)4-5-12-9/h3-5,8,10H,1,6H2,2H3. The Labute approximate surface area is 71.3 Å². The molecule has 1 atom stereocenters. The van der Waals surface area contributed by atoms with E-state index in [0.717, 1.165) is 5.56 Å². The Hall–Kier alpha value is -1.06. The molecule has 0 aliphatic rings. The van der Waals surface area contributed by atoms with Gasteiger partial charge < -0.3 is 14.3 Å². The summed E-state index contributed by atoms with van der Waals surface area (Å²) in [5.74, 6) is 0.506. The highest BCUT2D eigenvalue weighted by Crippen LogP contribution is 2.20. The molecule has 0 bridgehead atoms. The van der Waals surface area contributed by atoms with Gasteiger partial charge in [0, 0.05) is 12.7 Å². The van der Waals surface area contributed by atoms with E-state index in [1.54, 1.807) is 13.2 Å². The van der Waals surface area contributed by atoms with Crippen molar-refractivity contribution in [3.8, 4) is 0 Å². The molecule has 0 aromatic carbocycles. The number of ether oxygens (including phenoxy) is 1. The average molecular weight is 168 g/mol. The molecule has 1 unspecified atom stereocenters. The molecule has 66 valence electrons. The molecule has 0 amide bonds. The van der Waals surface area contributed by atoms with E-state index in [0.29, 0.717) is 12.4 Å². The monoisotopic (exact) mass is 168 g/mol. The Kier molecular flexibility index (Phi) is 3.08. The van der Waals surface area contributed by atoms with Gasteiger partial charge in [0.25, 0.3) is 0 Å². The first kappa shape index (κ1) is 9.03. The van der Waals surface area contributed by atoms with Crippen LogP contribution in [0.3, 0.4) is 0 Å². The van der Waals surface area contributed by atoms with Crippen LogP contribution in [-0.2, 0) is 11.3 Å². The molecule has 1 N–H and O–H groups in total. The van der Waals surface area contributed by atoms with Crippen molar-refractivity contribution in [1.29, 1.82) is 0 Å². The summed E-state index contributed by atoms with van der Waals surface area (Å²) in [6.45, 7) is 3.91. The molecule has 0 aliphatic carbocycles. The van der Waals surface area contributed by atoms with Crippen LogP contribution in [-0.4, -0.2) is 12.2 Å². The second kappa shape index (κ2) is 4.09. The molecule has 0 fully saturated rings. The van der Waals surface area contributed by atoms with Crippen molar-refractivity contribution in [3.05, 3.63) is 36.3 Å². The zero-order valence-electron chi connectivity index (χ0n) is 6.99. The Morgan fingerprint density at radius 3 is 3.17 bits per heavy atom. The molecule has 0 saturated carbocycles. The van der Waals surface area contributed by atoms with Crippen LogP contribution < -0.4 is 0 Å². The summed E-state index contributed by atoms with van der Waals surface area (Å²) in [5, 5.41) is 9.36. The van der Waals surface area contributed by atoms with Crippen molar-refractivity contribution in [3.63, 3.8) is 0 Å². The molecule has 1 rings (SSSR count). The first-order valence-electron chi connectivity index (χ1n) is 3.65. The van der Waals surface area contributed by atoms with Gasteiger partial charge in [0.05, 0.1) is 12.9 Å². The lowest BCUT2D eigenvalue weighted by molar-refractivity contribution is 0.167. The molecule has 0 radical (unpaired) electrons. The van der Waals surface area contributed by atoms with Crippen molar-refractivity contribution in [2.24, 2.45) is 0 Å². The third-order valence-electron chi connectivity index (χ3n) is 1.57. The molecule has 0 saturated heterocycles. The third-order valence-corrected chi connectivity index (χ3v) is 1.57. The number of rotatable bonds is 4. The third kappa shape index (κ3) is 1.75. The number of hydrogen-bond donors (Lipinski definition) is 1. The van der Waals surface area contributed by atoms with Gasteiger partial charge in [0.1, 0.15) is 11.9 Å². The summed E-state index contributed by atoms with van der Waals surface area (Å²) in [6, 6.07) is 1.77. The van der Waals surface area contributed by atoms with Crippen LogP contribution in [0.2, 0.25) is 0 Å². The number of aliphatic hydroxyl groups excluding tert-OH is 1. The van der Waals surface area contributed by atoms with E-state index < -0.39 is 6.10 Å². The average Bonchev–Trinajstić information content (AvgIpc) is 2.52. The minimum absolute atomic E-state index is 0.441. The summed E-state index contributed by atoms with van der Waals surface area (Å²) in [5.41, 5.74) is 0.852. The molecule has 0 aliphatic heterocycles. The van der Waals surface area contributed by atoms with Gasteiger partial charge in [-0.3, -0.25) is 0 Å². The van der Waals surface area contributed by atoms with Crippen molar-refractivity contribution in [2.75, 3.05) is 7.11 Å². The molecule has 12 heavy (non-hydrogen) atoms. The van der Waals surface area contributed by atoms with Crippen molar-refractivity contribution >= 4 is 0 Å². The maximum Gasteiger partial charge on any atom is 0.141 e. The molecule has 3 nitrogen and oxygen atoms in total. The summed E-state index contributed by atoms with van der Waals surface area (Å²) >= 11 is 0. The Morgan fingerprint density at radius 1 is 1.83 bits per heavy atom. The van der Waals surface area contributed by atoms with Gasteiger partial charge in [-0.2, -0.15) is 0 Å². The van der Waals surface area contributed by atoms with E-state index in [2.05, 4.69) is 6.58 Å². The zero-order chi connectivity index (χ0) is 8.97. The Balaban J connectivity index is 2.82. The summed E-state index contributed by atoms with van der Waals surface area (Å²) < 4.78 is 9.98. The lowest BCUT2D eigenvalue weighted by Crippen LogP contribution is -1.96. The fourth-order valence-electron chi connectivity index (χ4n) is 0.989. The minimum Gasteiger partial charge on any atom is -0.466 e. The number of aliphatic hydroxyl groups is 1. The fraction of sp³-hybridized carbons (Fsp3) is 0.333. The van der Waals surface area contributed by atoms with Crippen LogP contribution in [0.25, 0.3) is 0 Å². The summed E-state index contributed by atoms with van der Waals surface area (Å²) in [7, 11) is 1.59. The van der Waals surface area contributed by atoms with E-state index in [-0.39, 0.29) is 0 Å². The molecular weight excluding hydrogens is 156 g/mol. The van der Waals surface area contributed by atoms with Gasteiger partial charge in [0.15, 0.2) is 0 Å². The van der Waals surface area contributed by atoms with Crippen LogP contribution in [0.4, 0.5) is 0 Å². The topological polar surface area (TPSA) is 42.6 Å². The van der Waals surface area contributed by atoms with Crippen LogP contribution in [0.5, 0.6) is 0 Å². The smallest absolute Gasteiger partial charge is 0.141 e. The van der Waals surface area contributed by atoms with Crippen molar-refractivity contribution in [1.82, 2.24) is 0 Å². The fourth-order valence-corrected chi connectivity index (χ4v) is 0.989. The maximum atomic E-state index is 9.36. The predicted octanol–water partition coefficient (Wildman–Crippen LogP) is 1.65. The minimum atomic E-state index is -0.745. The Morgan fingerprint density at radius 2 is 2.58 bits per heavy atom. The van der Waals surface area contributed by atoms with Crippen LogP contribution in [0.1, 0.15) is 17.4 Å².